The molecule has 1 fully saturated rings. The van der Waals surface area contributed by atoms with Crippen LogP contribution in [0.2, 0.25) is 0 Å². The summed E-state index contributed by atoms with van der Waals surface area (Å²) in [6.45, 7) is 5.31. The first-order chi connectivity index (χ1) is 19.8. The number of hydrogen-bond acceptors (Lipinski definition) is 9. The van der Waals surface area contributed by atoms with Gasteiger partial charge in [-0.15, -0.1) is 5.10 Å². The van der Waals surface area contributed by atoms with Crippen LogP contribution in [-0.4, -0.2) is 61.2 Å². The van der Waals surface area contributed by atoms with E-state index >= 15 is 4.39 Å². The van der Waals surface area contributed by atoms with Crippen molar-refractivity contribution in [2.45, 2.75) is 19.1 Å². The molecule has 3 aromatic heterocycles. The van der Waals surface area contributed by atoms with E-state index in [2.05, 4.69) is 42.5 Å². The summed E-state index contributed by atoms with van der Waals surface area (Å²) in [5.41, 5.74) is 2.88. The van der Waals surface area contributed by atoms with Gasteiger partial charge in [-0.05, 0) is 49.4 Å². The Balaban J connectivity index is 1.25. The zero-order valence-corrected chi connectivity index (χ0v) is 22.2. The lowest BCUT2D eigenvalue weighted by Gasteiger charge is -2.18. The molecule has 1 aliphatic heterocycles. The zero-order valence-electron chi connectivity index (χ0n) is 22.2. The number of aromatic nitrogens is 6. The molecule has 41 heavy (non-hydrogen) atoms. The topological polar surface area (TPSA) is 123 Å². The number of ether oxygens (including phenoxy) is 1. The van der Waals surface area contributed by atoms with Crippen molar-refractivity contribution >= 4 is 45.3 Å². The van der Waals surface area contributed by atoms with E-state index in [1.54, 1.807) is 60.0 Å². The number of carbonyl (C=O) groups excluding carboxylic acids is 1. The van der Waals surface area contributed by atoms with Gasteiger partial charge in [0, 0.05) is 25.2 Å². The SMILES string of the molecule is C=CC(=O)N[C@H]1CN(c2ccc3ncnc(Nc4ccc(Oc5ccc6c(c5)nnn6C)c(C)c4F)c3n2)C[C@H]1F. The van der Waals surface area contributed by atoms with Gasteiger partial charge in [0.25, 0.3) is 0 Å². The van der Waals surface area contributed by atoms with E-state index in [4.69, 9.17) is 4.74 Å². The number of nitrogens with zero attached hydrogens (tertiary/aromatic N) is 7. The van der Waals surface area contributed by atoms with Crippen molar-refractivity contribution in [3.8, 4) is 11.5 Å². The second kappa shape index (κ2) is 10.4. The summed E-state index contributed by atoms with van der Waals surface area (Å²) in [4.78, 5) is 26.6. The summed E-state index contributed by atoms with van der Waals surface area (Å²) < 4.78 is 37.7. The Hall–Kier alpha value is -5.20. The fourth-order valence-electron chi connectivity index (χ4n) is 4.74. The normalized spacial score (nSPS) is 16.7. The Morgan fingerprint density at radius 1 is 1.15 bits per heavy atom. The largest absolute Gasteiger partial charge is 0.457 e. The number of carbonyl (C=O) groups is 1. The van der Waals surface area contributed by atoms with Crippen LogP contribution >= 0.6 is 0 Å². The molecule has 0 unspecified atom stereocenters. The minimum Gasteiger partial charge on any atom is -0.457 e. The minimum atomic E-state index is -1.28. The van der Waals surface area contributed by atoms with Gasteiger partial charge in [0.15, 0.2) is 11.6 Å². The van der Waals surface area contributed by atoms with Gasteiger partial charge in [0.05, 0.1) is 29.3 Å². The molecule has 2 aromatic carbocycles. The number of benzene rings is 2. The molecule has 0 radical (unpaired) electrons. The third-order valence-electron chi connectivity index (χ3n) is 6.95. The average Bonchev–Trinajstić information content (AvgIpc) is 3.53. The third-order valence-corrected chi connectivity index (χ3v) is 6.95. The Morgan fingerprint density at radius 2 is 2.00 bits per heavy atom. The van der Waals surface area contributed by atoms with E-state index in [9.17, 15) is 9.18 Å². The van der Waals surface area contributed by atoms with Gasteiger partial charge in [0.2, 0.25) is 5.91 Å². The molecule has 0 saturated carbocycles. The van der Waals surface area contributed by atoms with Crippen LogP contribution < -0.4 is 20.3 Å². The Bertz CT molecular complexity index is 1810. The molecule has 208 valence electrons. The van der Waals surface area contributed by atoms with E-state index in [0.29, 0.717) is 39.4 Å². The van der Waals surface area contributed by atoms with Gasteiger partial charge in [-0.25, -0.2) is 28.4 Å². The third kappa shape index (κ3) is 4.97. The van der Waals surface area contributed by atoms with Gasteiger partial charge in [-0.2, -0.15) is 0 Å². The van der Waals surface area contributed by atoms with Gasteiger partial charge >= 0.3 is 0 Å². The molecule has 4 heterocycles. The number of halogens is 2. The lowest BCUT2D eigenvalue weighted by Crippen LogP contribution is -2.40. The monoisotopic (exact) mass is 557 g/mol. The van der Waals surface area contributed by atoms with Crippen LogP contribution in [0.4, 0.5) is 26.1 Å². The van der Waals surface area contributed by atoms with Gasteiger partial charge < -0.3 is 20.3 Å². The summed E-state index contributed by atoms with van der Waals surface area (Å²) >= 11 is 0. The number of aryl methyl sites for hydroxylation is 1. The van der Waals surface area contributed by atoms with Crippen molar-refractivity contribution in [3.63, 3.8) is 0 Å². The van der Waals surface area contributed by atoms with Crippen LogP contribution in [0, 0.1) is 12.7 Å². The van der Waals surface area contributed by atoms with Crippen molar-refractivity contribution in [1.29, 1.82) is 0 Å². The summed E-state index contributed by atoms with van der Waals surface area (Å²) in [6.07, 6.45) is 1.18. The second-order valence-corrected chi connectivity index (χ2v) is 9.64. The highest BCUT2D eigenvalue weighted by molar-refractivity contribution is 5.89. The fourth-order valence-corrected chi connectivity index (χ4v) is 4.74. The summed E-state index contributed by atoms with van der Waals surface area (Å²) in [5, 5.41) is 13.7. The van der Waals surface area contributed by atoms with Gasteiger partial charge in [-0.3, -0.25) is 4.79 Å². The highest BCUT2D eigenvalue weighted by Gasteiger charge is 2.34. The maximum atomic E-state index is 15.5. The second-order valence-electron chi connectivity index (χ2n) is 9.64. The van der Waals surface area contributed by atoms with E-state index in [1.165, 1.54) is 6.33 Å². The maximum Gasteiger partial charge on any atom is 0.243 e. The predicted molar refractivity (Wildman–Crippen MR) is 150 cm³/mol. The quantitative estimate of drug-likeness (QED) is 0.285. The van der Waals surface area contributed by atoms with E-state index in [-0.39, 0.29) is 24.6 Å². The smallest absolute Gasteiger partial charge is 0.243 e. The van der Waals surface area contributed by atoms with Crippen LogP contribution in [0.15, 0.2) is 61.4 Å². The number of alkyl halides is 1. The highest BCUT2D eigenvalue weighted by Crippen LogP contribution is 2.34. The van der Waals surface area contributed by atoms with Crippen molar-refractivity contribution in [2.75, 3.05) is 23.3 Å². The first kappa shape index (κ1) is 26.0. The standard InChI is InChI=1S/C28H25F2N9O2/c1-4-25(40)33-21-13-39(12-17(21)29)24-10-7-19-27(35-24)28(32-14-31-19)34-18-6-9-23(15(2)26(18)30)41-16-5-8-22-20(11-16)36-37-38(22)3/h4-11,14,17,21H,1,12-13H2,2-3H3,(H,33,40)(H,31,32,34)/t17-,21+/m1/s1. The molecule has 5 aromatic rings. The number of anilines is 3. The number of rotatable bonds is 7. The van der Waals surface area contributed by atoms with Crippen LogP contribution in [0.5, 0.6) is 11.5 Å². The summed E-state index contributed by atoms with van der Waals surface area (Å²) in [5.74, 6) is 0.650. The molecule has 0 spiro atoms. The Labute approximate surface area is 232 Å². The van der Waals surface area contributed by atoms with Crippen LogP contribution in [0.3, 0.4) is 0 Å². The number of amides is 1. The molecule has 13 heteroatoms. The lowest BCUT2D eigenvalue weighted by molar-refractivity contribution is -0.117. The van der Waals surface area contributed by atoms with Crippen molar-refractivity contribution in [1.82, 2.24) is 35.3 Å². The summed E-state index contributed by atoms with van der Waals surface area (Å²) in [7, 11) is 1.80. The zero-order chi connectivity index (χ0) is 28.7. The maximum absolute atomic E-state index is 15.5. The minimum absolute atomic E-state index is 0.0517. The molecule has 0 bridgehead atoms. The fraction of sp³-hybridized carbons (Fsp3) is 0.214. The average molecular weight is 558 g/mol. The van der Waals surface area contributed by atoms with Crippen molar-refractivity contribution in [2.24, 2.45) is 7.05 Å². The highest BCUT2D eigenvalue weighted by atomic mass is 19.1. The first-order valence-corrected chi connectivity index (χ1v) is 12.8. The van der Waals surface area contributed by atoms with Gasteiger partial charge in [0.1, 0.15) is 40.8 Å². The number of hydrogen-bond donors (Lipinski definition) is 2. The summed E-state index contributed by atoms with van der Waals surface area (Å²) in [6, 6.07) is 11.3. The molecule has 1 saturated heterocycles. The van der Waals surface area contributed by atoms with Crippen molar-refractivity contribution < 1.29 is 18.3 Å². The van der Waals surface area contributed by atoms with Gasteiger partial charge in [-0.1, -0.05) is 11.8 Å². The van der Waals surface area contributed by atoms with Crippen LogP contribution in [0.25, 0.3) is 22.1 Å². The number of fused-ring (bicyclic) bond motifs is 2. The van der Waals surface area contributed by atoms with E-state index < -0.39 is 23.9 Å². The van der Waals surface area contributed by atoms with E-state index in [1.807, 2.05) is 6.07 Å². The molecule has 1 aliphatic rings. The molecular weight excluding hydrogens is 532 g/mol. The molecule has 0 aliphatic carbocycles. The van der Waals surface area contributed by atoms with Crippen molar-refractivity contribution in [3.05, 3.63) is 72.8 Å². The van der Waals surface area contributed by atoms with Crippen LogP contribution in [-0.2, 0) is 11.8 Å². The molecular formula is C28H25F2N9O2. The first-order valence-electron chi connectivity index (χ1n) is 12.8. The molecule has 2 atom stereocenters. The lowest BCUT2D eigenvalue weighted by atomic mass is 10.1. The number of nitrogens with one attached hydrogen (secondary N) is 2. The molecule has 6 rings (SSSR count). The number of pyridine rings is 1. The Morgan fingerprint density at radius 3 is 2.83 bits per heavy atom. The van der Waals surface area contributed by atoms with Crippen LogP contribution in [0.1, 0.15) is 5.56 Å². The predicted octanol–water partition coefficient (Wildman–Crippen LogP) is 4.12. The Kier molecular flexibility index (Phi) is 6.61. The molecule has 11 nitrogen and oxygen atoms in total. The molecule has 2 N–H and O–H groups in total. The molecule has 1 amide bonds. The van der Waals surface area contributed by atoms with E-state index in [0.717, 1.165) is 11.6 Å².